The Morgan fingerprint density at radius 3 is 2.83 bits per heavy atom. The van der Waals surface area contributed by atoms with Gasteiger partial charge in [-0.05, 0) is 17.7 Å². The number of carbonyl (C=O) groups is 1. The SMILES string of the molecule is Nc1cccc(CS(=O)(=O)NC2CNC(=O)C2)c1. The summed E-state index contributed by atoms with van der Waals surface area (Å²) in [4.78, 5) is 11.0. The van der Waals surface area contributed by atoms with Gasteiger partial charge in [-0.2, -0.15) is 0 Å². The molecule has 1 atom stereocenters. The fourth-order valence-electron chi connectivity index (χ4n) is 1.89. The van der Waals surface area contributed by atoms with Crippen molar-refractivity contribution in [3.05, 3.63) is 29.8 Å². The summed E-state index contributed by atoms with van der Waals surface area (Å²) in [5.41, 5.74) is 6.74. The van der Waals surface area contributed by atoms with Crippen molar-refractivity contribution in [2.24, 2.45) is 0 Å². The molecule has 1 aromatic rings. The highest BCUT2D eigenvalue weighted by molar-refractivity contribution is 7.88. The average Bonchev–Trinajstić information content (AvgIpc) is 2.62. The van der Waals surface area contributed by atoms with E-state index >= 15 is 0 Å². The third-order valence-electron chi connectivity index (χ3n) is 2.63. The fraction of sp³-hybridized carbons (Fsp3) is 0.364. The van der Waals surface area contributed by atoms with Gasteiger partial charge in [0.1, 0.15) is 0 Å². The minimum atomic E-state index is -3.46. The van der Waals surface area contributed by atoms with Crippen LogP contribution in [0.2, 0.25) is 0 Å². The van der Waals surface area contributed by atoms with Crippen LogP contribution in [0.1, 0.15) is 12.0 Å². The zero-order chi connectivity index (χ0) is 13.2. The second kappa shape index (κ2) is 4.95. The number of nitrogens with two attached hydrogens (primary N) is 1. The lowest BCUT2D eigenvalue weighted by molar-refractivity contribution is -0.119. The maximum Gasteiger partial charge on any atom is 0.221 e. The highest BCUT2D eigenvalue weighted by atomic mass is 32.2. The molecule has 0 aliphatic carbocycles. The van der Waals surface area contributed by atoms with Crippen LogP contribution in [0.5, 0.6) is 0 Å². The van der Waals surface area contributed by atoms with E-state index in [1.165, 1.54) is 0 Å². The Kier molecular flexibility index (Phi) is 3.53. The van der Waals surface area contributed by atoms with Gasteiger partial charge < -0.3 is 11.1 Å². The molecule has 0 spiro atoms. The molecule has 1 aromatic carbocycles. The summed E-state index contributed by atoms with van der Waals surface area (Å²) in [6.45, 7) is 0.342. The van der Waals surface area contributed by atoms with Crippen LogP contribution in [-0.2, 0) is 20.6 Å². The van der Waals surface area contributed by atoms with E-state index < -0.39 is 10.0 Å². The van der Waals surface area contributed by atoms with Gasteiger partial charge in [-0.3, -0.25) is 4.79 Å². The van der Waals surface area contributed by atoms with Gasteiger partial charge in [0.05, 0.1) is 5.75 Å². The summed E-state index contributed by atoms with van der Waals surface area (Å²) < 4.78 is 26.3. The molecule has 0 saturated carbocycles. The van der Waals surface area contributed by atoms with Crippen molar-refractivity contribution in [2.45, 2.75) is 18.2 Å². The van der Waals surface area contributed by atoms with E-state index in [4.69, 9.17) is 5.73 Å². The monoisotopic (exact) mass is 269 g/mol. The van der Waals surface area contributed by atoms with Crippen LogP contribution in [0.15, 0.2) is 24.3 Å². The van der Waals surface area contributed by atoms with Crippen LogP contribution in [0, 0.1) is 0 Å². The molecule has 1 aliphatic heterocycles. The van der Waals surface area contributed by atoms with Crippen LogP contribution in [-0.4, -0.2) is 26.9 Å². The molecule has 1 aliphatic rings. The zero-order valence-electron chi connectivity index (χ0n) is 9.72. The van der Waals surface area contributed by atoms with Gasteiger partial charge >= 0.3 is 0 Å². The normalized spacial score (nSPS) is 19.8. The standard InChI is InChI=1S/C11H15N3O3S/c12-9-3-1-2-8(4-9)7-18(16,17)14-10-5-11(15)13-6-10/h1-4,10,14H,5-7,12H2,(H,13,15). The minimum Gasteiger partial charge on any atom is -0.399 e. The molecule has 1 saturated heterocycles. The number of nitrogen functional groups attached to an aromatic ring is 1. The Balaban J connectivity index is 2.01. The highest BCUT2D eigenvalue weighted by Crippen LogP contribution is 2.11. The topological polar surface area (TPSA) is 101 Å². The highest BCUT2D eigenvalue weighted by Gasteiger charge is 2.25. The predicted octanol–water partition coefficient (Wildman–Crippen LogP) is -0.423. The van der Waals surface area contributed by atoms with Gasteiger partial charge in [0.2, 0.25) is 15.9 Å². The molecule has 0 radical (unpaired) electrons. The van der Waals surface area contributed by atoms with E-state index in [2.05, 4.69) is 10.0 Å². The molecule has 1 fully saturated rings. The summed E-state index contributed by atoms with van der Waals surface area (Å²) in [5, 5.41) is 2.58. The first-order valence-electron chi connectivity index (χ1n) is 5.56. The molecule has 98 valence electrons. The maximum absolute atomic E-state index is 11.9. The Morgan fingerprint density at radius 2 is 2.22 bits per heavy atom. The second-order valence-corrected chi connectivity index (χ2v) is 6.08. The van der Waals surface area contributed by atoms with Crippen molar-refractivity contribution in [1.82, 2.24) is 10.0 Å². The summed E-state index contributed by atoms with van der Waals surface area (Å²) in [6, 6.07) is 6.37. The first-order chi connectivity index (χ1) is 8.44. The third kappa shape index (κ3) is 3.44. The number of hydrogen-bond donors (Lipinski definition) is 3. The van der Waals surface area contributed by atoms with Crippen molar-refractivity contribution in [3.8, 4) is 0 Å². The van der Waals surface area contributed by atoms with Gasteiger partial charge in [-0.25, -0.2) is 13.1 Å². The number of hydrogen-bond acceptors (Lipinski definition) is 4. The molecular formula is C11H15N3O3S. The number of sulfonamides is 1. The van der Waals surface area contributed by atoms with Gasteiger partial charge in [0.25, 0.3) is 0 Å². The quantitative estimate of drug-likeness (QED) is 0.646. The molecular weight excluding hydrogens is 254 g/mol. The molecule has 6 nitrogen and oxygen atoms in total. The molecule has 4 N–H and O–H groups in total. The number of anilines is 1. The molecule has 18 heavy (non-hydrogen) atoms. The van der Waals surface area contributed by atoms with E-state index in [9.17, 15) is 13.2 Å². The Morgan fingerprint density at radius 1 is 1.44 bits per heavy atom. The predicted molar refractivity (Wildman–Crippen MR) is 68.0 cm³/mol. The molecule has 1 unspecified atom stereocenters. The smallest absolute Gasteiger partial charge is 0.221 e. The largest absolute Gasteiger partial charge is 0.399 e. The summed E-state index contributed by atoms with van der Waals surface area (Å²) in [6.07, 6.45) is 0.191. The van der Waals surface area contributed by atoms with Crippen LogP contribution in [0.25, 0.3) is 0 Å². The summed E-state index contributed by atoms with van der Waals surface area (Å²) in [7, 11) is -3.46. The zero-order valence-corrected chi connectivity index (χ0v) is 10.5. The van der Waals surface area contributed by atoms with E-state index in [1.807, 2.05) is 0 Å². The number of carbonyl (C=O) groups excluding carboxylic acids is 1. The van der Waals surface area contributed by atoms with E-state index in [0.29, 0.717) is 17.8 Å². The van der Waals surface area contributed by atoms with Crippen LogP contribution in [0.4, 0.5) is 5.69 Å². The Hall–Kier alpha value is -1.60. The number of benzene rings is 1. The summed E-state index contributed by atoms with van der Waals surface area (Å²) >= 11 is 0. The molecule has 1 heterocycles. The average molecular weight is 269 g/mol. The molecule has 2 rings (SSSR count). The first kappa shape index (κ1) is 12.8. The van der Waals surface area contributed by atoms with Crippen LogP contribution < -0.4 is 15.8 Å². The lowest BCUT2D eigenvalue weighted by atomic mass is 10.2. The van der Waals surface area contributed by atoms with Crippen molar-refractivity contribution >= 4 is 21.6 Å². The second-order valence-electron chi connectivity index (χ2n) is 4.33. The molecule has 1 amide bonds. The maximum atomic E-state index is 11.9. The number of nitrogens with one attached hydrogen (secondary N) is 2. The van der Waals surface area contributed by atoms with E-state index in [-0.39, 0.29) is 24.1 Å². The van der Waals surface area contributed by atoms with Crippen molar-refractivity contribution in [1.29, 1.82) is 0 Å². The lowest BCUT2D eigenvalue weighted by Gasteiger charge is -2.11. The van der Waals surface area contributed by atoms with Gasteiger partial charge in [-0.15, -0.1) is 0 Å². The van der Waals surface area contributed by atoms with Crippen LogP contribution in [0.3, 0.4) is 0 Å². The Labute approximate surface area is 106 Å². The molecule has 7 heteroatoms. The third-order valence-corrected chi connectivity index (χ3v) is 4.04. The van der Waals surface area contributed by atoms with Gasteiger partial charge in [0.15, 0.2) is 0 Å². The number of rotatable bonds is 4. The fourth-order valence-corrected chi connectivity index (χ4v) is 3.26. The van der Waals surface area contributed by atoms with E-state index in [0.717, 1.165) is 0 Å². The van der Waals surface area contributed by atoms with Crippen molar-refractivity contribution in [3.63, 3.8) is 0 Å². The summed E-state index contributed by atoms with van der Waals surface area (Å²) in [5.74, 6) is -0.269. The van der Waals surface area contributed by atoms with Crippen molar-refractivity contribution in [2.75, 3.05) is 12.3 Å². The number of amides is 1. The molecule has 0 bridgehead atoms. The minimum absolute atomic E-state index is 0.133. The Bertz CT molecular complexity index is 556. The van der Waals surface area contributed by atoms with E-state index in [1.54, 1.807) is 24.3 Å². The first-order valence-corrected chi connectivity index (χ1v) is 7.21. The van der Waals surface area contributed by atoms with Crippen molar-refractivity contribution < 1.29 is 13.2 Å². The lowest BCUT2D eigenvalue weighted by Crippen LogP contribution is -2.36. The van der Waals surface area contributed by atoms with Crippen LogP contribution >= 0.6 is 0 Å². The van der Waals surface area contributed by atoms with Gasteiger partial charge in [0, 0.05) is 24.7 Å². The van der Waals surface area contributed by atoms with Gasteiger partial charge in [-0.1, -0.05) is 12.1 Å². The molecule has 0 aromatic heterocycles.